The summed E-state index contributed by atoms with van der Waals surface area (Å²) in [5, 5.41) is 12.7. The molecule has 118 valence electrons. The third-order valence-corrected chi connectivity index (χ3v) is 4.61. The molecule has 0 saturated carbocycles. The number of carboxylic acids is 1. The third kappa shape index (κ3) is 3.43. The fraction of sp³-hybridized carbons (Fsp3) is 0.250. The minimum atomic E-state index is -3.97. The molecule has 0 aliphatic carbocycles. The summed E-state index contributed by atoms with van der Waals surface area (Å²) >= 11 is 5.89. The Morgan fingerprint density at radius 1 is 1.41 bits per heavy atom. The number of aromatic nitrogens is 2. The second-order valence-corrected chi connectivity index (χ2v) is 6.62. The number of carbonyl (C=O) groups is 1. The molecule has 0 radical (unpaired) electrons. The molecule has 1 aromatic carbocycles. The lowest BCUT2D eigenvalue weighted by Crippen LogP contribution is -2.24. The van der Waals surface area contributed by atoms with Crippen LogP contribution < -0.4 is 4.72 Å². The number of carboxylic acid groups (broad SMARTS) is 1. The lowest BCUT2D eigenvalue weighted by molar-refractivity contribution is 0.0696. The van der Waals surface area contributed by atoms with Gasteiger partial charge in [-0.15, -0.1) is 0 Å². The Kier molecular flexibility index (Phi) is 4.50. The SMILES string of the molecule is Cc1noc(CNS(=O)(=O)c2cc(Cl)c(C)c(C(=O)O)c2)n1. The van der Waals surface area contributed by atoms with Crippen LogP contribution in [0.2, 0.25) is 5.02 Å². The van der Waals surface area contributed by atoms with E-state index in [0.717, 1.165) is 6.07 Å². The van der Waals surface area contributed by atoms with E-state index in [0.29, 0.717) is 11.4 Å². The molecule has 0 bridgehead atoms. The van der Waals surface area contributed by atoms with Crippen molar-refractivity contribution in [1.82, 2.24) is 14.9 Å². The average Bonchev–Trinajstić information content (AvgIpc) is 2.85. The summed E-state index contributed by atoms with van der Waals surface area (Å²) in [4.78, 5) is 14.7. The van der Waals surface area contributed by atoms with Crippen molar-refractivity contribution in [2.24, 2.45) is 0 Å². The Labute approximate surface area is 131 Å². The molecule has 2 rings (SSSR count). The van der Waals surface area contributed by atoms with Crippen molar-refractivity contribution >= 4 is 27.6 Å². The first-order valence-electron chi connectivity index (χ1n) is 6.03. The van der Waals surface area contributed by atoms with E-state index in [-0.39, 0.29) is 27.9 Å². The minimum Gasteiger partial charge on any atom is -0.478 e. The minimum absolute atomic E-state index is 0.0499. The van der Waals surface area contributed by atoms with Gasteiger partial charge < -0.3 is 9.63 Å². The summed E-state index contributed by atoms with van der Waals surface area (Å²) in [6, 6.07) is 2.23. The molecule has 2 aromatic rings. The molecule has 8 nitrogen and oxygen atoms in total. The van der Waals surface area contributed by atoms with Crippen LogP contribution in [0.25, 0.3) is 0 Å². The highest BCUT2D eigenvalue weighted by Gasteiger charge is 2.20. The molecule has 2 N–H and O–H groups in total. The molecule has 22 heavy (non-hydrogen) atoms. The van der Waals surface area contributed by atoms with Crippen LogP contribution in [-0.4, -0.2) is 29.6 Å². The smallest absolute Gasteiger partial charge is 0.336 e. The molecule has 10 heteroatoms. The van der Waals surface area contributed by atoms with Gasteiger partial charge in [0.05, 0.1) is 17.0 Å². The van der Waals surface area contributed by atoms with Gasteiger partial charge in [-0.3, -0.25) is 0 Å². The van der Waals surface area contributed by atoms with Crippen LogP contribution in [0.5, 0.6) is 0 Å². The van der Waals surface area contributed by atoms with Gasteiger partial charge in [-0.05, 0) is 31.5 Å². The van der Waals surface area contributed by atoms with Gasteiger partial charge >= 0.3 is 5.97 Å². The molecule has 0 amide bonds. The van der Waals surface area contributed by atoms with Crippen LogP contribution in [-0.2, 0) is 16.6 Å². The van der Waals surface area contributed by atoms with E-state index in [1.807, 2.05) is 0 Å². The summed E-state index contributed by atoms with van der Waals surface area (Å²) in [6.45, 7) is 2.88. The summed E-state index contributed by atoms with van der Waals surface area (Å²) in [5.74, 6) is -0.789. The van der Waals surface area contributed by atoms with Crippen molar-refractivity contribution < 1.29 is 22.8 Å². The molecule has 0 saturated heterocycles. The standard InChI is InChI=1S/C12H12ClN3O5S/c1-6-9(12(17)18)3-8(4-10(6)13)22(19,20)14-5-11-15-7(2)16-21-11/h3-4,14H,5H2,1-2H3,(H,17,18). The van der Waals surface area contributed by atoms with E-state index in [9.17, 15) is 13.2 Å². The van der Waals surface area contributed by atoms with Crippen molar-refractivity contribution in [2.75, 3.05) is 0 Å². The highest BCUT2D eigenvalue weighted by Crippen LogP contribution is 2.24. The van der Waals surface area contributed by atoms with Gasteiger partial charge in [0, 0.05) is 5.02 Å². The zero-order valence-electron chi connectivity index (χ0n) is 11.6. The van der Waals surface area contributed by atoms with E-state index in [4.69, 9.17) is 21.2 Å². The number of benzene rings is 1. The summed E-state index contributed by atoms with van der Waals surface area (Å²) in [7, 11) is -3.97. The zero-order chi connectivity index (χ0) is 16.5. The normalized spacial score (nSPS) is 11.6. The lowest BCUT2D eigenvalue weighted by Gasteiger charge is -2.09. The van der Waals surface area contributed by atoms with Gasteiger partial charge in [0.1, 0.15) is 0 Å². The molecule has 0 aliphatic rings. The summed E-state index contributed by atoms with van der Waals surface area (Å²) in [6.07, 6.45) is 0. The van der Waals surface area contributed by atoms with Gasteiger partial charge in [-0.2, -0.15) is 4.98 Å². The van der Waals surface area contributed by atoms with Crippen molar-refractivity contribution in [3.8, 4) is 0 Å². The average molecular weight is 346 g/mol. The van der Waals surface area contributed by atoms with Crippen LogP contribution in [0.15, 0.2) is 21.6 Å². The van der Waals surface area contributed by atoms with Gasteiger partial charge in [0.2, 0.25) is 15.9 Å². The van der Waals surface area contributed by atoms with Crippen molar-refractivity contribution in [2.45, 2.75) is 25.3 Å². The third-order valence-electron chi connectivity index (χ3n) is 2.84. The Morgan fingerprint density at radius 3 is 2.64 bits per heavy atom. The van der Waals surface area contributed by atoms with Gasteiger partial charge in [-0.25, -0.2) is 17.9 Å². The molecule has 0 aliphatic heterocycles. The van der Waals surface area contributed by atoms with Crippen LogP contribution in [0.3, 0.4) is 0 Å². The highest BCUT2D eigenvalue weighted by atomic mass is 35.5. The van der Waals surface area contributed by atoms with E-state index >= 15 is 0 Å². The predicted octanol–water partition coefficient (Wildman–Crippen LogP) is 1.52. The van der Waals surface area contributed by atoms with Gasteiger partial charge in [0.25, 0.3) is 0 Å². The quantitative estimate of drug-likeness (QED) is 0.842. The monoisotopic (exact) mass is 345 g/mol. The fourth-order valence-corrected chi connectivity index (χ4v) is 2.99. The molecule has 1 heterocycles. The molecule has 0 fully saturated rings. The number of sulfonamides is 1. The van der Waals surface area contributed by atoms with Crippen LogP contribution in [0, 0.1) is 13.8 Å². The number of hydrogen-bond donors (Lipinski definition) is 2. The van der Waals surface area contributed by atoms with Crippen LogP contribution in [0.4, 0.5) is 0 Å². The van der Waals surface area contributed by atoms with Crippen LogP contribution >= 0.6 is 11.6 Å². The number of nitrogens with one attached hydrogen (secondary N) is 1. The van der Waals surface area contributed by atoms with E-state index < -0.39 is 16.0 Å². The number of halogens is 1. The molecule has 0 spiro atoms. The summed E-state index contributed by atoms with van der Waals surface area (Å²) < 4.78 is 31.4. The Bertz CT molecular complexity index is 831. The number of rotatable bonds is 5. The first-order chi connectivity index (χ1) is 10.2. The Balaban J connectivity index is 2.31. The topological polar surface area (TPSA) is 122 Å². The van der Waals surface area contributed by atoms with Gasteiger partial charge in [0.15, 0.2) is 5.82 Å². The Hall–Kier alpha value is -1.97. The molecular weight excluding hydrogens is 334 g/mol. The maximum Gasteiger partial charge on any atom is 0.336 e. The van der Waals surface area contributed by atoms with Crippen LogP contribution in [0.1, 0.15) is 27.6 Å². The summed E-state index contributed by atoms with van der Waals surface area (Å²) in [5.41, 5.74) is 0.113. The zero-order valence-corrected chi connectivity index (χ0v) is 13.2. The number of hydrogen-bond acceptors (Lipinski definition) is 6. The van der Waals surface area contributed by atoms with Gasteiger partial charge in [-0.1, -0.05) is 16.8 Å². The molecule has 0 atom stereocenters. The van der Waals surface area contributed by atoms with Crippen molar-refractivity contribution in [3.63, 3.8) is 0 Å². The second kappa shape index (κ2) is 6.03. The number of aryl methyl sites for hydroxylation is 1. The first-order valence-corrected chi connectivity index (χ1v) is 7.89. The van der Waals surface area contributed by atoms with E-state index in [1.54, 1.807) is 6.92 Å². The number of aromatic carboxylic acids is 1. The maximum absolute atomic E-state index is 12.2. The number of nitrogens with zero attached hydrogens (tertiary/aromatic N) is 2. The van der Waals surface area contributed by atoms with Crippen molar-refractivity contribution in [1.29, 1.82) is 0 Å². The van der Waals surface area contributed by atoms with E-state index in [2.05, 4.69) is 14.9 Å². The second-order valence-electron chi connectivity index (χ2n) is 4.44. The molecule has 0 unspecified atom stereocenters. The van der Waals surface area contributed by atoms with E-state index in [1.165, 1.54) is 13.0 Å². The van der Waals surface area contributed by atoms with Crippen molar-refractivity contribution in [3.05, 3.63) is 40.0 Å². The lowest BCUT2D eigenvalue weighted by atomic mass is 10.1. The highest BCUT2D eigenvalue weighted by molar-refractivity contribution is 7.89. The maximum atomic E-state index is 12.2. The fourth-order valence-electron chi connectivity index (χ4n) is 1.68. The molecule has 1 aromatic heterocycles. The molecular formula is C12H12ClN3O5S. The predicted molar refractivity (Wildman–Crippen MR) is 76.2 cm³/mol. The Morgan fingerprint density at radius 2 is 2.09 bits per heavy atom. The first kappa shape index (κ1) is 16.4. The largest absolute Gasteiger partial charge is 0.478 e.